The number of aryl methyl sites for hydroxylation is 1. The van der Waals surface area contributed by atoms with E-state index in [9.17, 15) is 4.79 Å². The predicted molar refractivity (Wildman–Crippen MR) is 163 cm³/mol. The molecule has 0 aliphatic rings. The average molecular weight is 653 g/mol. The van der Waals surface area contributed by atoms with Crippen molar-refractivity contribution < 1.29 is 14.3 Å². The molecule has 2 aromatic heterocycles. The van der Waals surface area contributed by atoms with Crippen LogP contribution in [0, 0.1) is 6.92 Å². The zero-order chi connectivity index (χ0) is 27.0. The van der Waals surface area contributed by atoms with Crippen molar-refractivity contribution in [1.82, 2.24) is 4.98 Å². The minimum absolute atomic E-state index is 0.302. The van der Waals surface area contributed by atoms with Gasteiger partial charge in [0.1, 0.15) is 9.71 Å². The molecule has 5 rings (SSSR count). The highest BCUT2D eigenvalue weighted by molar-refractivity contribution is 9.11. The molecule has 38 heavy (non-hydrogen) atoms. The highest BCUT2D eigenvalue weighted by atomic mass is 79.9. The predicted octanol–water partition coefficient (Wildman–Crippen LogP) is 8.32. The van der Waals surface area contributed by atoms with Gasteiger partial charge in [-0.2, -0.15) is 0 Å². The lowest BCUT2D eigenvalue weighted by Gasteiger charge is -2.12. The van der Waals surface area contributed by atoms with Crippen LogP contribution < -0.4 is 20.5 Å². The molecule has 9 heteroatoms. The van der Waals surface area contributed by atoms with Gasteiger partial charge in [-0.05, 0) is 70.4 Å². The zero-order valence-corrected chi connectivity index (χ0v) is 24.8. The van der Waals surface area contributed by atoms with Gasteiger partial charge in [-0.1, -0.05) is 51.8 Å². The molecule has 6 nitrogen and oxygen atoms in total. The Morgan fingerprint density at radius 3 is 2.32 bits per heavy atom. The second kappa shape index (κ2) is 10.8. The van der Waals surface area contributed by atoms with Gasteiger partial charge in [-0.15, -0.1) is 11.3 Å². The van der Waals surface area contributed by atoms with Gasteiger partial charge in [0.15, 0.2) is 11.5 Å². The van der Waals surface area contributed by atoms with E-state index in [2.05, 4.69) is 49.3 Å². The molecule has 3 N–H and O–H groups in total. The fraction of sp³-hybridized carbons (Fsp3) is 0.103. The third-order valence-electron chi connectivity index (χ3n) is 6.13. The van der Waals surface area contributed by atoms with E-state index in [1.165, 1.54) is 11.3 Å². The third-order valence-corrected chi connectivity index (χ3v) is 8.37. The molecule has 0 radical (unpaired) electrons. The van der Waals surface area contributed by atoms with Crippen LogP contribution in [0.5, 0.6) is 11.5 Å². The molecule has 1 amide bonds. The molecule has 0 saturated carbocycles. The monoisotopic (exact) mass is 651 g/mol. The Balaban J connectivity index is 1.69. The molecule has 0 bridgehead atoms. The number of rotatable bonds is 6. The van der Waals surface area contributed by atoms with Gasteiger partial charge >= 0.3 is 0 Å². The first kappa shape index (κ1) is 26.2. The minimum Gasteiger partial charge on any atom is -0.493 e. The second-order valence-electron chi connectivity index (χ2n) is 8.59. The van der Waals surface area contributed by atoms with Crippen LogP contribution in [0.3, 0.4) is 0 Å². The Bertz CT molecular complexity index is 1680. The maximum atomic E-state index is 13.4. The van der Waals surface area contributed by atoms with E-state index in [4.69, 9.17) is 20.2 Å². The largest absolute Gasteiger partial charge is 0.493 e. The molecule has 0 aliphatic heterocycles. The fourth-order valence-electron chi connectivity index (χ4n) is 4.16. The molecule has 0 spiro atoms. The van der Waals surface area contributed by atoms with Crippen molar-refractivity contribution in [3.63, 3.8) is 0 Å². The van der Waals surface area contributed by atoms with E-state index in [-0.39, 0.29) is 5.91 Å². The molecule has 2 heterocycles. The second-order valence-corrected chi connectivity index (χ2v) is 11.4. The van der Waals surface area contributed by atoms with Crippen molar-refractivity contribution in [3.05, 3.63) is 86.1 Å². The molecular formula is C29H23Br2N3O3S. The number of ether oxygens (including phenoxy) is 2. The molecule has 0 fully saturated rings. The first-order valence-corrected chi connectivity index (χ1v) is 14.0. The van der Waals surface area contributed by atoms with Gasteiger partial charge in [0.2, 0.25) is 0 Å². The normalized spacial score (nSPS) is 11.0. The summed E-state index contributed by atoms with van der Waals surface area (Å²) in [6.45, 7) is 2.05. The van der Waals surface area contributed by atoms with E-state index in [1.54, 1.807) is 14.2 Å². The Morgan fingerprint density at radius 1 is 0.921 bits per heavy atom. The smallest absolute Gasteiger partial charge is 0.267 e. The molecule has 0 saturated heterocycles. The maximum Gasteiger partial charge on any atom is 0.267 e. The quantitative estimate of drug-likeness (QED) is 0.193. The summed E-state index contributed by atoms with van der Waals surface area (Å²) in [4.78, 5) is 19.4. The number of anilines is 2. The number of nitrogen functional groups attached to an aromatic ring is 1. The van der Waals surface area contributed by atoms with E-state index in [1.807, 2.05) is 61.5 Å². The van der Waals surface area contributed by atoms with Crippen LogP contribution in [0.2, 0.25) is 0 Å². The Kier molecular flexibility index (Phi) is 7.43. The summed E-state index contributed by atoms with van der Waals surface area (Å²) in [5.41, 5.74) is 12.3. The number of hydrogen-bond donors (Lipinski definition) is 2. The summed E-state index contributed by atoms with van der Waals surface area (Å²) < 4.78 is 12.6. The molecule has 192 valence electrons. The van der Waals surface area contributed by atoms with E-state index < -0.39 is 0 Å². The number of carbonyl (C=O) groups is 1. The van der Waals surface area contributed by atoms with Crippen LogP contribution in [0.15, 0.2) is 75.7 Å². The third kappa shape index (κ3) is 5.01. The average Bonchev–Trinajstić information content (AvgIpc) is 3.26. The van der Waals surface area contributed by atoms with Crippen molar-refractivity contribution in [2.24, 2.45) is 0 Å². The number of pyridine rings is 1. The Hall–Kier alpha value is -3.40. The number of thiophene rings is 1. The van der Waals surface area contributed by atoms with Gasteiger partial charge in [-0.3, -0.25) is 4.79 Å². The summed E-state index contributed by atoms with van der Waals surface area (Å²) in [6, 6.07) is 21.4. The number of carbonyl (C=O) groups excluding carboxylic acids is 1. The molecule has 0 unspecified atom stereocenters. The highest BCUT2D eigenvalue weighted by Gasteiger charge is 2.23. The SMILES string of the molecule is COc1ccc(-c2cc(-c3ccc(C)cc3)nc3sc(C(=O)Nc4ccc(Br)cc4Br)c(N)c23)cc1OC. The lowest BCUT2D eigenvalue weighted by molar-refractivity contribution is 0.103. The van der Waals surface area contributed by atoms with Crippen LogP contribution in [0.25, 0.3) is 32.6 Å². The lowest BCUT2D eigenvalue weighted by atomic mass is 9.98. The van der Waals surface area contributed by atoms with E-state index in [0.29, 0.717) is 32.6 Å². The van der Waals surface area contributed by atoms with Crippen molar-refractivity contribution in [2.45, 2.75) is 6.92 Å². The maximum absolute atomic E-state index is 13.4. The number of fused-ring (bicyclic) bond motifs is 1. The van der Waals surface area contributed by atoms with Crippen LogP contribution in [0.4, 0.5) is 11.4 Å². The van der Waals surface area contributed by atoms with Crippen LogP contribution in [-0.4, -0.2) is 25.1 Å². The van der Waals surface area contributed by atoms with Crippen LogP contribution >= 0.6 is 43.2 Å². The van der Waals surface area contributed by atoms with Crippen LogP contribution in [0.1, 0.15) is 15.2 Å². The summed E-state index contributed by atoms with van der Waals surface area (Å²) in [5.74, 6) is 0.918. The molecule has 3 aromatic carbocycles. The standard InChI is InChI=1S/C29H23Br2N3O3S/c1-15-4-6-16(7-5-15)22-14-19(17-8-11-23(36-2)24(12-17)37-3)25-26(32)27(38-29(25)34-22)28(35)33-21-10-9-18(30)13-20(21)31/h4-14H,32H2,1-3H3,(H,33,35). The number of aromatic nitrogens is 1. The van der Waals surface area contributed by atoms with Gasteiger partial charge < -0.3 is 20.5 Å². The summed E-state index contributed by atoms with van der Waals surface area (Å²) in [6.07, 6.45) is 0. The summed E-state index contributed by atoms with van der Waals surface area (Å²) in [5, 5.41) is 3.68. The number of hydrogen-bond acceptors (Lipinski definition) is 6. The number of halogens is 2. The first-order valence-electron chi connectivity index (χ1n) is 11.6. The summed E-state index contributed by atoms with van der Waals surface area (Å²) >= 11 is 8.21. The Labute approximate surface area is 241 Å². The highest BCUT2D eigenvalue weighted by Crippen LogP contribution is 2.43. The van der Waals surface area contributed by atoms with Gasteiger partial charge in [0, 0.05) is 19.9 Å². The van der Waals surface area contributed by atoms with Crippen molar-refractivity contribution >= 4 is 70.7 Å². The topological polar surface area (TPSA) is 86.5 Å². The van der Waals surface area contributed by atoms with Gasteiger partial charge in [-0.25, -0.2) is 4.98 Å². The fourth-order valence-corrected chi connectivity index (χ4v) is 6.32. The van der Waals surface area contributed by atoms with E-state index in [0.717, 1.165) is 42.3 Å². The Morgan fingerprint density at radius 2 is 1.63 bits per heavy atom. The number of amides is 1. The molecular weight excluding hydrogens is 630 g/mol. The van der Waals surface area contributed by atoms with Crippen LogP contribution in [-0.2, 0) is 0 Å². The molecule has 0 atom stereocenters. The van der Waals surface area contributed by atoms with E-state index >= 15 is 0 Å². The van der Waals surface area contributed by atoms with Gasteiger partial charge in [0.25, 0.3) is 5.91 Å². The van der Waals surface area contributed by atoms with Crippen molar-refractivity contribution in [3.8, 4) is 33.9 Å². The molecule has 5 aromatic rings. The lowest BCUT2D eigenvalue weighted by Crippen LogP contribution is -2.12. The van der Waals surface area contributed by atoms with Crippen molar-refractivity contribution in [2.75, 3.05) is 25.3 Å². The first-order chi connectivity index (χ1) is 18.3. The number of nitrogens with zero attached hydrogens (tertiary/aromatic N) is 1. The van der Waals surface area contributed by atoms with Gasteiger partial charge in [0.05, 0.1) is 31.3 Å². The molecule has 0 aliphatic carbocycles. The zero-order valence-electron chi connectivity index (χ0n) is 20.8. The number of nitrogens with two attached hydrogens (primary N) is 1. The van der Waals surface area contributed by atoms with Crippen molar-refractivity contribution in [1.29, 1.82) is 0 Å². The number of methoxy groups -OCH3 is 2. The number of benzene rings is 3. The number of nitrogens with one attached hydrogen (secondary N) is 1. The minimum atomic E-state index is -0.302. The summed E-state index contributed by atoms with van der Waals surface area (Å²) in [7, 11) is 3.20.